The van der Waals surface area contributed by atoms with E-state index in [2.05, 4.69) is 4.98 Å². The molecule has 1 aromatic rings. The zero-order valence-corrected chi connectivity index (χ0v) is 8.49. The van der Waals surface area contributed by atoms with Gasteiger partial charge in [0.05, 0.1) is 12.3 Å². The number of nitrogens with two attached hydrogens (primary N) is 1. The van der Waals surface area contributed by atoms with Crippen LogP contribution in [0.1, 0.15) is 31.2 Å². The zero-order valence-electron chi connectivity index (χ0n) is 8.49. The average molecular weight is 210 g/mol. The summed E-state index contributed by atoms with van der Waals surface area (Å²) in [4.78, 5) is 3.81. The molecule has 0 atom stereocenters. The summed E-state index contributed by atoms with van der Waals surface area (Å²) in [6.45, 7) is 0. The van der Waals surface area contributed by atoms with Gasteiger partial charge in [-0.1, -0.05) is 0 Å². The Bertz CT molecular complexity index is 348. The van der Waals surface area contributed by atoms with Gasteiger partial charge in [0.2, 0.25) is 0 Å². The van der Waals surface area contributed by atoms with Crippen molar-refractivity contribution in [3.8, 4) is 0 Å². The first-order valence-electron chi connectivity index (χ1n) is 5.18. The molecule has 0 amide bonds. The number of aliphatic hydroxyl groups is 1. The molecule has 3 nitrogen and oxygen atoms in total. The molecule has 1 heterocycles. The Balaban J connectivity index is 2.22. The fourth-order valence-electron chi connectivity index (χ4n) is 2.09. The molecule has 2 rings (SSSR count). The molecule has 0 bridgehead atoms. The summed E-state index contributed by atoms with van der Waals surface area (Å²) in [5, 5.41) is 9.40. The number of hydrogen-bond acceptors (Lipinski definition) is 3. The Labute approximate surface area is 88.1 Å². The molecule has 0 spiro atoms. The molecular formula is C11H15FN2O. The quantitative estimate of drug-likeness (QED) is 0.734. The third kappa shape index (κ3) is 2.16. The first-order valence-corrected chi connectivity index (χ1v) is 5.18. The normalized spacial score (nSPS) is 31.5. The molecule has 1 saturated carbocycles. The van der Waals surface area contributed by atoms with E-state index in [1.54, 1.807) is 6.20 Å². The molecule has 1 aliphatic rings. The smallest absolute Gasteiger partial charge is 0.141 e. The fraction of sp³-hybridized carbons (Fsp3) is 0.545. The van der Waals surface area contributed by atoms with Crippen LogP contribution >= 0.6 is 0 Å². The van der Waals surface area contributed by atoms with Crippen LogP contribution in [0.25, 0.3) is 0 Å². The monoisotopic (exact) mass is 210 g/mol. The molecular weight excluding hydrogens is 195 g/mol. The fourth-order valence-corrected chi connectivity index (χ4v) is 2.09. The van der Waals surface area contributed by atoms with Crippen LogP contribution in [0.4, 0.5) is 4.39 Å². The lowest BCUT2D eigenvalue weighted by atomic mass is 9.77. The lowest BCUT2D eigenvalue weighted by molar-refractivity contribution is 0.0967. The van der Waals surface area contributed by atoms with Gasteiger partial charge in [-0.05, 0) is 37.3 Å². The number of nitrogens with zero attached hydrogens (tertiary/aromatic N) is 1. The minimum atomic E-state index is -0.520. The minimum Gasteiger partial charge on any atom is -0.393 e. The van der Waals surface area contributed by atoms with Crippen LogP contribution in [0, 0.1) is 5.82 Å². The average Bonchev–Trinajstić information content (AvgIpc) is 2.23. The predicted octanol–water partition coefficient (Wildman–Crippen LogP) is 1.31. The molecule has 0 aromatic carbocycles. The summed E-state index contributed by atoms with van der Waals surface area (Å²) >= 11 is 0. The highest BCUT2D eigenvalue weighted by molar-refractivity contribution is 5.21. The molecule has 0 radical (unpaired) electrons. The van der Waals surface area contributed by atoms with Crippen LogP contribution in [0.3, 0.4) is 0 Å². The van der Waals surface area contributed by atoms with Crippen LogP contribution in [0.5, 0.6) is 0 Å². The van der Waals surface area contributed by atoms with E-state index in [1.807, 2.05) is 0 Å². The van der Waals surface area contributed by atoms with Crippen LogP contribution < -0.4 is 5.73 Å². The maximum atomic E-state index is 13.0. The van der Waals surface area contributed by atoms with Crippen molar-refractivity contribution in [2.75, 3.05) is 0 Å². The summed E-state index contributed by atoms with van der Waals surface area (Å²) in [7, 11) is 0. The molecule has 0 saturated heterocycles. The van der Waals surface area contributed by atoms with Crippen molar-refractivity contribution < 1.29 is 9.50 Å². The van der Waals surface area contributed by atoms with Crippen molar-refractivity contribution in [1.82, 2.24) is 4.98 Å². The van der Waals surface area contributed by atoms with Gasteiger partial charge >= 0.3 is 0 Å². The molecule has 0 unspecified atom stereocenters. The largest absolute Gasteiger partial charge is 0.393 e. The zero-order chi connectivity index (χ0) is 10.9. The summed E-state index contributed by atoms with van der Waals surface area (Å²) in [5.41, 5.74) is 6.41. The first kappa shape index (κ1) is 10.5. The number of aliphatic hydroxyl groups excluding tert-OH is 1. The van der Waals surface area contributed by atoms with Gasteiger partial charge in [-0.3, -0.25) is 4.98 Å². The van der Waals surface area contributed by atoms with E-state index >= 15 is 0 Å². The standard InChI is InChI=1S/C11H15FN2O/c12-9-5-8(6-14-7-9)11(13)3-1-10(15)2-4-11/h5-7,10,15H,1-4,13H2. The summed E-state index contributed by atoms with van der Waals surface area (Å²) in [6.07, 6.45) is 5.23. The van der Waals surface area contributed by atoms with Gasteiger partial charge < -0.3 is 10.8 Å². The van der Waals surface area contributed by atoms with E-state index in [0.29, 0.717) is 25.7 Å². The van der Waals surface area contributed by atoms with Gasteiger partial charge in [0.1, 0.15) is 5.82 Å². The highest BCUT2D eigenvalue weighted by Gasteiger charge is 2.32. The van der Waals surface area contributed by atoms with Crippen LogP contribution in [-0.4, -0.2) is 16.2 Å². The Hall–Kier alpha value is -1.00. The van der Waals surface area contributed by atoms with Crippen molar-refractivity contribution >= 4 is 0 Å². The maximum Gasteiger partial charge on any atom is 0.141 e. The van der Waals surface area contributed by atoms with Crippen LogP contribution in [0.2, 0.25) is 0 Å². The summed E-state index contributed by atoms with van der Waals surface area (Å²) < 4.78 is 13.0. The van der Waals surface area contributed by atoms with Crippen LogP contribution in [-0.2, 0) is 5.54 Å². The number of halogens is 1. The van der Waals surface area contributed by atoms with Crippen molar-refractivity contribution in [2.45, 2.75) is 37.3 Å². The second-order valence-corrected chi connectivity index (χ2v) is 4.28. The van der Waals surface area contributed by atoms with Crippen molar-refractivity contribution in [3.63, 3.8) is 0 Å². The topological polar surface area (TPSA) is 59.1 Å². The van der Waals surface area contributed by atoms with Crippen molar-refractivity contribution in [1.29, 1.82) is 0 Å². The van der Waals surface area contributed by atoms with Crippen molar-refractivity contribution in [2.24, 2.45) is 5.73 Å². The van der Waals surface area contributed by atoms with E-state index < -0.39 is 5.54 Å². The number of hydrogen-bond donors (Lipinski definition) is 2. The number of rotatable bonds is 1. The van der Waals surface area contributed by atoms with Gasteiger partial charge in [-0.15, -0.1) is 0 Å². The minimum absolute atomic E-state index is 0.261. The second kappa shape index (κ2) is 3.87. The highest BCUT2D eigenvalue weighted by atomic mass is 19.1. The Morgan fingerprint density at radius 2 is 2.07 bits per heavy atom. The summed E-state index contributed by atoms with van der Waals surface area (Å²) in [6, 6.07) is 1.44. The second-order valence-electron chi connectivity index (χ2n) is 4.28. The Morgan fingerprint density at radius 1 is 1.40 bits per heavy atom. The molecule has 1 aliphatic carbocycles. The molecule has 0 aliphatic heterocycles. The molecule has 15 heavy (non-hydrogen) atoms. The van der Waals surface area contributed by atoms with E-state index in [1.165, 1.54) is 12.3 Å². The van der Waals surface area contributed by atoms with E-state index in [0.717, 1.165) is 5.56 Å². The van der Waals surface area contributed by atoms with Gasteiger partial charge in [0.25, 0.3) is 0 Å². The Morgan fingerprint density at radius 3 is 2.67 bits per heavy atom. The number of pyridine rings is 1. The molecule has 3 N–H and O–H groups in total. The van der Waals surface area contributed by atoms with Gasteiger partial charge in [0, 0.05) is 11.7 Å². The van der Waals surface area contributed by atoms with Gasteiger partial charge in [0.15, 0.2) is 0 Å². The lowest BCUT2D eigenvalue weighted by Crippen LogP contribution is -2.41. The SMILES string of the molecule is NC1(c2cncc(F)c2)CCC(O)CC1. The van der Waals surface area contributed by atoms with Crippen molar-refractivity contribution in [3.05, 3.63) is 29.8 Å². The highest BCUT2D eigenvalue weighted by Crippen LogP contribution is 2.34. The van der Waals surface area contributed by atoms with E-state index in [-0.39, 0.29) is 11.9 Å². The summed E-state index contributed by atoms with van der Waals surface area (Å²) in [5.74, 6) is -0.358. The molecule has 82 valence electrons. The third-order valence-corrected chi connectivity index (χ3v) is 3.13. The Kier molecular flexibility index (Phi) is 2.71. The first-order chi connectivity index (χ1) is 7.10. The third-order valence-electron chi connectivity index (χ3n) is 3.13. The van der Waals surface area contributed by atoms with Crippen LogP contribution in [0.15, 0.2) is 18.5 Å². The number of aromatic nitrogens is 1. The van der Waals surface area contributed by atoms with E-state index in [9.17, 15) is 9.50 Å². The van der Waals surface area contributed by atoms with Gasteiger partial charge in [-0.25, -0.2) is 4.39 Å². The lowest BCUT2D eigenvalue weighted by Gasteiger charge is -2.35. The maximum absolute atomic E-state index is 13.0. The molecule has 1 aromatic heterocycles. The van der Waals surface area contributed by atoms with Gasteiger partial charge in [-0.2, -0.15) is 0 Å². The van der Waals surface area contributed by atoms with E-state index in [4.69, 9.17) is 5.73 Å². The molecule has 1 fully saturated rings. The molecule has 4 heteroatoms. The predicted molar refractivity (Wildman–Crippen MR) is 54.5 cm³/mol.